The van der Waals surface area contributed by atoms with Crippen LogP contribution in [-0.4, -0.2) is 22.2 Å². The van der Waals surface area contributed by atoms with Crippen LogP contribution in [0.3, 0.4) is 0 Å². The van der Waals surface area contributed by atoms with E-state index < -0.39 is 0 Å². The summed E-state index contributed by atoms with van der Waals surface area (Å²) in [5, 5.41) is 7.21. The highest BCUT2D eigenvalue weighted by Crippen LogP contribution is 2.10. The van der Waals surface area contributed by atoms with E-state index in [4.69, 9.17) is 0 Å². The Kier molecular flexibility index (Phi) is 5.19. The zero-order valence-electron chi connectivity index (χ0n) is 11.3. The van der Waals surface area contributed by atoms with Gasteiger partial charge >= 0.3 is 0 Å². The molecule has 0 fully saturated rings. The second-order valence-corrected chi connectivity index (χ2v) is 4.67. The molecule has 0 unspecified atom stereocenters. The molecule has 17 heavy (non-hydrogen) atoms. The lowest BCUT2D eigenvalue weighted by molar-refractivity contribution is 0.0947. The van der Waals surface area contributed by atoms with Gasteiger partial charge in [0.05, 0.1) is 0 Å². The molecular weight excluding hydrogens is 214 g/mol. The third-order valence-corrected chi connectivity index (χ3v) is 2.71. The molecule has 0 aliphatic rings. The first-order chi connectivity index (χ1) is 8.06. The Hall–Kier alpha value is -1.32. The molecule has 0 aliphatic heterocycles. The Bertz CT molecular complexity index is 369. The first-order valence-corrected chi connectivity index (χ1v) is 6.40. The Morgan fingerprint density at radius 1 is 1.47 bits per heavy atom. The first-order valence-electron chi connectivity index (χ1n) is 6.40. The summed E-state index contributed by atoms with van der Waals surface area (Å²) in [7, 11) is 0. The molecule has 1 aromatic rings. The molecule has 0 saturated heterocycles. The summed E-state index contributed by atoms with van der Waals surface area (Å²) in [6.07, 6.45) is 3.35. The van der Waals surface area contributed by atoms with Crippen LogP contribution in [0.25, 0.3) is 0 Å². The van der Waals surface area contributed by atoms with Crippen LogP contribution in [0.2, 0.25) is 0 Å². The summed E-state index contributed by atoms with van der Waals surface area (Å²) in [6, 6.07) is 2.13. The Morgan fingerprint density at radius 2 is 2.18 bits per heavy atom. The maximum absolute atomic E-state index is 11.8. The second-order valence-electron chi connectivity index (χ2n) is 4.67. The Morgan fingerprint density at radius 3 is 2.71 bits per heavy atom. The number of unbranched alkanes of at least 4 members (excludes halogenated alkanes) is 2. The van der Waals surface area contributed by atoms with E-state index in [0.29, 0.717) is 5.69 Å². The molecule has 1 rings (SSSR count). The molecule has 0 bridgehead atoms. The van der Waals surface area contributed by atoms with Crippen molar-refractivity contribution in [1.29, 1.82) is 0 Å². The van der Waals surface area contributed by atoms with Crippen LogP contribution < -0.4 is 5.32 Å². The van der Waals surface area contributed by atoms with E-state index in [-0.39, 0.29) is 11.9 Å². The third kappa shape index (κ3) is 3.88. The van der Waals surface area contributed by atoms with E-state index in [1.54, 1.807) is 0 Å². The molecule has 0 aromatic carbocycles. The summed E-state index contributed by atoms with van der Waals surface area (Å²) in [5.74, 6) is -0.0661. The standard InChI is InChI=1S/C13H23N3O/c1-5-6-7-8-14-13(17)12-9-11(4)16(15-12)10(2)3/h9-10H,5-8H2,1-4H3,(H,14,17). The van der Waals surface area contributed by atoms with Gasteiger partial charge in [-0.1, -0.05) is 19.8 Å². The van der Waals surface area contributed by atoms with Crippen molar-refractivity contribution in [3.63, 3.8) is 0 Å². The molecule has 4 nitrogen and oxygen atoms in total. The van der Waals surface area contributed by atoms with Gasteiger partial charge in [0.25, 0.3) is 5.91 Å². The summed E-state index contributed by atoms with van der Waals surface area (Å²) < 4.78 is 1.88. The van der Waals surface area contributed by atoms with Gasteiger partial charge in [-0.15, -0.1) is 0 Å². The highest BCUT2D eigenvalue weighted by atomic mass is 16.1. The molecular formula is C13H23N3O. The number of aryl methyl sites for hydroxylation is 1. The van der Waals surface area contributed by atoms with Gasteiger partial charge in [-0.2, -0.15) is 5.10 Å². The van der Waals surface area contributed by atoms with Gasteiger partial charge in [0.2, 0.25) is 0 Å². The van der Waals surface area contributed by atoms with Crippen molar-refractivity contribution >= 4 is 5.91 Å². The Balaban J connectivity index is 2.54. The average molecular weight is 237 g/mol. The predicted octanol–water partition coefficient (Wildman–Crippen LogP) is 2.69. The number of hydrogen-bond donors (Lipinski definition) is 1. The largest absolute Gasteiger partial charge is 0.351 e. The van der Waals surface area contributed by atoms with Crippen molar-refractivity contribution in [3.05, 3.63) is 17.5 Å². The molecule has 1 N–H and O–H groups in total. The zero-order chi connectivity index (χ0) is 12.8. The number of aromatic nitrogens is 2. The van der Waals surface area contributed by atoms with E-state index in [2.05, 4.69) is 31.2 Å². The number of nitrogens with one attached hydrogen (secondary N) is 1. The molecule has 1 heterocycles. The smallest absolute Gasteiger partial charge is 0.271 e. The van der Waals surface area contributed by atoms with Crippen molar-refractivity contribution in [3.8, 4) is 0 Å². The summed E-state index contributed by atoms with van der Waals surface area (Å²) >= 11 is 0. The normalized spacial score (nSPS) is 10.9. The van der Waals surface area contributed by atoms with Gasteiger partial charge in [0.15, 0.2) is 0 Å². The monoisotopic (exact) mass is 237 g/mol. The van der Waals surface area contributed by atoms with E-state index in [1.807, 2.05) is 17.7 Å². The molecule has 4 heteroatoms. The van der Waals surface area contributed by atoms with E-state index in [0.717, 1.165) is 31.5 Å². The van der Waals surface area contributed by atoms with Crippen LogP contribution in [-0.2, 0) is 0 Å². The molecule has 1 amide bonds. The van der Waals surface area contributed by atoms with Gasteiger partial charge in [-0.05, 0) is 33.3 Å². The maximum atomic E-state index is 11.8. The second kappa shape index (κ2) is 6.42. The lowest BCUT2D eigenvalue weighted by Crippen LogP contribution is -2.25. The number of carbonyl (C=O) groups excluding carboxylic acids is 1. The molecule has 0 radical (unpaired) electrons. The zero-order valence-corrected chi connectivity index (χ0v) is 11.3. The lowest BCUT2D eigenvalue weighted by Gasteiger charge is -2.07. The number of carbonyl (C=O) groups is 1. The van der Waals surface area contributed by atoms with Crippen molar-refractivity contribution in [2.45, 2.75) is 53.0 Å². The fraction of sp³-hybridized carbons (Fsp3) is 0.692. The van der Waals surface area contributed by atoms with Crippen molar-refractivity contribution in [2.24, 2.45) is 0 Å². The molecule has 0 atom stereocenters. The van der Waals surface area contributed by atoms with Gasteiger partial charge in [-0.25, -0.2) is 0 Å². The molecule has 0 aliphatic carbocycles. The number of nitrogens with zero attached hydrogens (tertiary/aromatic N) is 2. The van der Waals surface area contributed by atoms with Gasteiger partial charge in [0.1, 0.15) is 5.69 Å². The third-order valence-electron chi connectivity index (χ3n) is 2.71. The van der Waals surface area contributed by atoms with Gasteiger partial charge < -0.3 is 5.32 Å². The van der Waals surface area contributed by atoms with E-state index in [9.17, 15) is 4.79 Å². The fourth-order valence-electron chi connectivity index (χ4n) is 1.79. The summed E-state index contributed by atoms with van der Waals surface area (Å²) in [4.78, 5) is 11.8. The topological polar surface area (TPSA) is 46.9 Å². The van der Waals surface area contributed by atoms with Crippen LogP contribution in [0.5, 0.6) is 0 Å². The summed E-state index contributed by atoms with van der Waals surface area (Å²) in [5.41, 5.74) is 1.55. The number of amides is 1. The molecule has 0 spiro atoms. The summed E-state index contributed by atoms with van der Waals surface area (Å²) in [6.45, 7) is 8.97. The highest BCUT2D eigenvalue weighted by molar-refractivity contribution is 5.92. The van der Waals surface area contributed by atoms with Crippen LogP contribution in [0.15, 0.2) is 6.07 Å². The van der Waals surface area contributed by atoms with Crippen LogP contribution >= 0.6 is 0 Å². The van der Waals surface area contributed by atoms with Crippen LogP contribution in [0, 0.1) is 6.92 Å². The number of rotatable bonds is 6. The minimum Gasteiger partial charge on any atom is -0.351 e. The molecule has 96 valence electrons. The van der Waals surface area contributed by atoms with Crippen molar-refractivity contribution < 1.29 is 4.79 Å². The highest BCUT2D eigenvalue weighted by Gasteiger charge is 2.12. The van der Waals surface area contributed by atoms with Crippen molar-refractivity contribution in [2.75, 3.05) is 6.54 Å². The minimum atomic E-state index is -0.0661. The fourth-order valence-corrected chi connectivity index (χ4v) is 1.79. The predicted molar refractivity (Wildman–Crippen MR) is 69.2 cm³/mol. The quantitative estimate of drug-likeness (QED) is 0.773. The molecule has 1 aromatic heterocycles. The first kappa shape index (κ1) is 13.7. The lowest BCUT2D eigenvalue weighted by atomic mass is 10.2. The minimum absolute atomic E-state index is 0.0661. The van der Waals surface area contributed by atoms with Crippen LogP contribution in [0.1, 0.15) is 62.3 Å². The van der Waals surface area contributed by atoms with Crippen molar-refractivity contribution in [1.82, 2.24) is 15.1 Å². The Labute approximate surface area is 103 Å². The SMILES string of the molecule is CCCCCNC(=O)c1cc(C)n(C(C)C)n1. The van der Waals surface area contributed by atoms with E-state index >= 15 is 0 Å². The van der Waals surface area contributed by atoms with Gasteiger partial charge in [-0.3, -0.25) is 9.48 Å². The van der Waals surface area contributed by atoms with E-state index in [1.165, 1.54) is 0 Å². The maximum Gasteiger partial charge on any atom is 0.271 e. The molecule has 0 saturated carbocycles. The van der Waals surface area contributed by atoms with Crippen LogP contribution in [0.4, 0.5) is 0 Å². The van der Waals surface area contributed by atoms with Gasteiger partial charge in [0, 0.05) is 18.3 Å². The number of hydrogen-bond acceptors (Lipinski definition) is 2. The average Bonchev–Trinajstić information content (AvgIpc) is 2.66.